The molecule has 2 aromatic carbocycles. The number of anilines is 3. The second kappa shape index (κ2) is 8.60. The summed E-state index contributed by atoms with van der Waals surface area (Å²) in [5.41, 5.74) is 2.55. The Morgan fingerprint density at radius 2 is 1.96 bits per heavy atom. The Balaban J connectivity index is 1.87. The van der Waals surface area contributed by atoms with Gasteiger partial charge in [0.1, 0.15) is 5.82 Å². The summed E-state index contributed by atoms with van der Waals surface area (Å²) in [7, 11) is 1.70. The van der Waals surface area contributed by atoms with Crippen LogP contribution in [-0.2, 0) is 4.74 Å². The second-order valence-electron chi connectivity index (χ2n) is 6.11. The van der Waals surface area contributed by atoms with Crippen LogP contribution in [0.5, 0.6) is 0 Å². The van der Waals surface area contributed by atoms with Crippen molar-refractivity contribution in [1.29, 1.82) is 0 Å². The summed E-state index contributed by atoms with van der Waals surface area (Å²) in [5.74, 6) is 1.31. The number of nitrogens with zero attached hydrogens (tertiary/aromatic N) is 2. The zero-order chi connectivity index (χ0) is 18.4. The lowest BCUT2D eigenvalue weighted by atomic mass is 10.1. The maximum atomic E-state index is 9.76. The zero-order valence-electron chi connectivity index (χ0n) is 15.1. The molecule has 1 atom stereocenters. The monoisotopic (exact) mass is 352 g/mol. The Hall–Kier alpha value is -2.70. The van der Waals surface area contributed by atoms with Crippen molar-refractivity contribution in [3.8, 4) is 0 Å². The highest BCUT2D eigenvalue weighted by Crippen LogP contribution is 2.24. The molecule has 26 heavy (non-hydrogen) atoms. The predicted molar refractivity (Wildman–Crippen MR) is 105 cm³/mol. The van der Waals surface area contributed by atoms with E-state index >= 15 is 0 Å². The van der Waals surface area contributed by atoms with Crippen molar-refractivity contribution in [3.63, 3.8) is 0 Å². The number of fused-ring (bicyclic) bond motifs is 1. The molecule has 3 rings (SSSR count). The molecule has 1 unspecified atom stereocenters. The first-order chi connectivity index (χ1) is 12.7. The Morgan fingerprint density at radius 3 is 2.77 bits per heavy atom. The third-order valence-electron chi connectivity index (χ3n) is 4.05. The Labute approximate surface area is 153 Å². The predicted octanol–water partition coefficient (Wildman–Crippen LogP) is 3.88. The van der Waals surface area contributed by atoms with E-state index < -0.39 is 6.10 Å². The van der Waals surface area contributed by atoms with Crippen LogP contribution in [0.2, 0.25) is 0 Å². The van der Waals surface area contributed by atoms with Crippen LogP contribution in [0.4, 0.5) is 17.5 Å². The third-order valence-corrected chi connectivity index (χ3v) is 4.05. The summed E-state index contributed by atoms with van der Waals surface area (Å²) in [6, 6.07) is 15.5. The maximum Gasteiger partial charge on any atom is 0.229 e. The van der Waals surface area contributed by atoms with E-state index in [1.165, 1.54) is 0 Å². The quantitative estimate of drug-likeness (QED) is 0.534. The van der Waals surface area contributed by atoms with Gasteiger partial charge in [0.25, 0.3) is 0 Å². The van der Waals surface area contributed by atoms with Crippen molar-refractivity contribution in [2.45, 2.75) is 19.4 Å². The number of benzene rings is 2. The molecule has 0 radical (unpaired) electrons. The van der Waals surface area contributed by atoms with E-state index in [-0.39, 0.29) is 0 Å². The van der Waals surface area contributed by atoms with Gasteiger partial charge in [-0.25, -0.2) is 4.98 Å². The fourth-order valence-electron chi connectivity index (χ4n) is 2.70. The minimum atomic E-state index is -0.521. The van der Waals surface area contributed by atoms with Crippen molar-refractivity contribution < 1.29 is 9.84 Å². The van der Waals surface area contributed by atoms with Crippen LogP contribution in [0.25, 0.3) is 10.9 Å². The van der Waals surface area contributed by atoms with Gasteiger partial charge in [0.05, 0.1) is 11.6 Å². The van der Waals surface area contributed by atoms with Gasteiger partial charge < -0.3 is 20.5 Å². The van der Waals surface area contributed by atoms with Crippen LogP contribution < -0.4 is 10.6 Å². The summed E-state index contributed by atoms with van der Waals surface area (Å²) in [6.45, 7) is 3.22. The molecule has 0 bridgehead atoms. The van der Waals surface area contributed by atoms with Crippen molar-refractivity contribution in [2.75, 3.05) is 30.9 Å². The van der Waals surface area contributed by atoms with Gasteiger partial charge in [0.15, 0.2) is 0 Å². The van der Waals surface area contributed by atoms with Gasteiger partial charge in [0, 0.05) is 31.3 Å². The van der Waals surface area contributed by atoms with Gasteiger partial charge in [-0.2, -0.15) is 4.98 Å². The molecule has 0 saturated carbocycles. The Kier molecular flexibility index (Phi) is 5.99. The lowest BCUT2D eigenvalue weighted by Gasteiger charge is -2.13. The topological polar surface area (TPSA) is 79.3 Å². The van der Waals surface area contributed by atoms with Crippen molar-refractivity contribution in [3.05, 3.63) is 54.1 Å². The van der Waals surface area contributed by atoms with Crippen LogP contribution in [0, 0.1) is 0 Å². The van der Waals surface area contributed by atoms with Crippen LogP contribution >= 0.6 is 0 Å². The molecule has 3 N–H and O–H groups in total. The first-order valence-corrected chi connectivity index (χ1v) is 8.72. The number of aliphatic hydroxyl groups is 1. The molecule has 0 saturated heterocycles. The molecular formula is C20H24N4O2. The highest BCUT2D eigenvalue weighted by molar-refractivity contribution is 5.90. The molecule has 0 fully saturated rings. The van der Waals surface area contributed by atoms with Gasteiger partial charge >= 0.3 is 0 Å². The maximum absolute atomic E-state index is 9.76. The van der Waals surface area contributed by atoms with E-state index in [2.05, 4.69) is 20.6 Å². The number of rotatable bonds is 8. The summed E-state index contributed by atoms with van der Waals surface area (Å²) in [6.07, 6.45) is 0.376. The number of hydrogen-bond donors (Lipinski definition) is 3. The number of hydrogen-bond acceptors (Lipinski definition) is 6. The van der Waals surface area contributed by atoms with E-state index in [1.54, 1.807) is 14.0 Å². The van der Waals surface area contributed by atoms with Crippen molar-refractivity contribution >= 4 is 28.4 Å². The summed E-state index contributed by atoms with van der Waals surface area (Å²) in [4.78, 5) is 9.23. The minimum Gasteiger partial charge on any atom is -0.389 e. The fourth-order valence-corrected chi connectivity index (χ4v) is 2.70. The van der Waals surface area contributed by atoms with E-state index in [1.807, 2.05) is 48.5 Å². The van der Waals surface area contributed by atoms with Gasteiger partial charge in [-0.1, -0.05) is 24.3 Å². The van der Waals surface area contributed by atoms with E-state index in [9.17, 15) is 5.11 Å². The lowest BCUT2D eigenvalue weighted by molar-refractivity contribution is 0.197. The molecule has 6 heteroatoms. The Bertz CT molecular complexity index is 867. The van der Waals surface area contributed by atoms with Gasteiger partial charge in [0.2, 0.25) is 5.95 Å². The molecule has 3 aromatic rings. The Morgan fingerprint density at radius 1 is 1.12 bits per heavy atom. The number of para-hydroxylation sites is 1. The average molecular weight is 352 g/mol. The number of aromatic nitrogens is 2. The standard InChI is InChI=1S/C20H24N4O2/c1-14(25)15-7-5-8-16(13-15)22-20-23-18-10-4-3-9-17(18)19(24-20)21-11-6-12-26-2/h3-5,7-10,13-14,25H,6,11-12H2,1-2H3,(H2,21,22,23,24). The summed E-state index contributed by atoms with van der Waals surface area (Å²) < 4.78 is 5.09. The largest absolute Gasteiger partial charge is 0.389 e. The molecule has 6 nitrogen and oxygen atoms in total. The first kappa shape index (κ1) is 18.1. The van der Waals surface area contributed by atoms with Crippen LogP contribution in [-0.4, -0.2) is 35.3 Å². The molecule has 0 spiro atoms. The molecule has 0 aliphatic heterocycles. The lowest BCUT2D eigenvalue weighted by Crippen LogP contribution is -2.08. The molecule has 1 heterocycles. The fraction of sp³-hybridized carbons (Fsp3) is 0.300. The number of aliphatic hydroxyl groups excluding tert-OH is 1. The van der Waals surface area contributed by atoms with Crippen molar-refractivity contribution in [1.82, 2.24) is 9.97 Å². The van der Waals surface area contributed by atoms with E-state index in [0.717, 1.165) is 40.9 Å². The van der Waals surface area contributed by atoms with Gasteiger partial charge in [-0.15, -0.1) is 0 Å². The first-order valence-electron chi connectivity index (χ1n) is 8.72. The molecule has 0 amide bonds. The normalized spacial score (nSPS) is 12.1. The highest BCUT2D eigenvalue weighted by atomic mass is 16.5. The van der Waals surface area contributed by atoms with Crippen molar-refractivity contribution in [2.24, 2.45) is 0 Å². The number of nitrogens with one attached hydrogen (secondary N) is 2. The zero-order valence-corrected chi connectivity index (χ0v) is 15.1. The average Bonchev–Trinajstić information content (AvgIpc) is 2.65. The van der Waals surface area contributed by atoms with Gasteiger partial charge in [-0.05, 0) is 43.2 Å². The minimum absolute atomic E-state index is 0.515. The molecular weight excluding hydrogens is 328 g/mol. The highest BCUT2D eigenvalue weighted by Gasteiger charge is 2.08. The van der Waals surface area contributed by atoms with E-state index in [4.69, 9.17) is 4.74 Å². The molecule has 136 valence electrons. The van der Waals surface area contributed by atoms with Crippen LogP contribution in [0.1, 0.15) is 25.0 Å². The van der Waals surface area contributed by atoms with E-state index in [0.29, 0.717) is 12.6 Å². The van der Waals surface area contributed by atoms with Gasteiger partial charge in [-0.3, -0.25) is 0 Å². The molecule has 1 aromatic heterocycles. The number of methoxy groups -OCH3 is 1. The molecule has 0 aliphatic carbocycles. The second-order valence-corrected chi connectivity index (χ2v) is 6.11. The van der Waals surface area contributed by atoms with Crippen LogP contribution in [0.15, 0.2) is 48.5 Å². The summed E-state index contributed by atoms with van der Waals surface area (Å²) >= 11 is 0. The molecule has 0 aliphatic rings. The number of ether oxygens (including phenoxy) is 1. The summed E-state index contributed by atoms with van der Waals surface area (Å²) in [5, 5.41) is 17.3. The smallest absolute Gasteiger partial charge is 0.229 e. The SMILES string of the molecule is COCCCNc1nc(Nc2cccc(C(C)O)c2)nc2ccccc12. The van der Waals surface area contributed by atoms with Crippen LogP contribution in [0.3, 0.4) is 0 Å². The third kappa shape index (κ3) is 4.47.